The van der Waals surface area contributed by atoms with Gasteiger partial charge in [0.2, 0.25) is 0 Å². The zero-order valence-corrected chi connectivity index (χ0v) is 8.06. The van der Waals surface area contributed by atoms with E-state index in [1.807, 2.05) is 17.2 Å². The fourth-order valence-electron chi connectivity index (χ4n) is 1.74. The summed E-state index contributed by atoms with van der Waals surface area (Å²) in [4.78, 5) is 1.89. The van der Waals surface area contributed by atoms with Gasteiger partial charge in [0, 0.05) is 24.7 Å². The highest BCUT2D eigenvalue weighted by atomic mass is 15.1. The molecular formula is C13H13N. The van der Waals surface area contributed by atoms with Crippen LogP contribution in [0.2, 0.25) is 0 Å². The Hall–Kier alpha value is -1.68. The molecule has 1 aromatic rings. The Balaban J connectivity index is 2.13. The normalized spacial score (nSPS) is 20.5. The van der Waals surface area contributed by atoms with Crippen LogP contribution in [0.15, 0.2) is 42.6 Å². The number of terminal acetylenes is 1. The van der Waals surface area contributed by atoms with Gasteiger partial charge >= 0.3 is 0 Å². The van der Waals surface area contributed by atoms with E-state index in [2.05, 4.69) is 36.4 Å². The number of benzene rings is 1. The van der Waals surface area contributed by atoms with Crippen molar-refractivity contribution in [3.63, 3.8) is 0 Å². The first-order valence-corrected chi connectivity index (χ1v) is 4.86. The summed E-state index contributed by atoms with van der Waals surface area (Å²) in [6.45, 7) is 0.951. The molecule has 70 valence electrons. The molecule has 14 heavy (non-hydrogen) atoms. The highest BCUT2D eigenvalue weighted by molar-refractivity contribution is 5.25. The number of rotatable bonds is 1. The average molecular weight is 183 g/mol. The minimum atomic E-state index is 0.529. The Labute approximate surface area is 85.0 Å². The van der Waals surface area contributed by atoms with Gasteiger partial charge in [0.1, 0.15) is 0 Å². The molecule has 1 heterocycles. The van der Waals surface area contributed by atoms with Crippen molar-refractivity contribution in [2.75, 3.05) is 6.54 Å². The van der Waals surface area contributed by atoms with Gasteiger partial charge in [-0.05, 0) is 12.0 Å². The van der Waals surface area contributed by atoms with Gasteiger partial charge in [0.25, 0.3) is 0 Å². The summed E-state index contributed by atoms with van der Waals surface area (Å²) in [6, 6.07) is 13.2. The summed E-state index contributed by atoms with van der Waals surface area (Å²) in [5.41, 5.74) is 1.38. The molecule has 0 fully saturated rings. The summed E-state index contributed by atoms with van der Waals surface area (Å²) in [5, 5.41) is 0. The number of nitrogens with zero attached hydrogens (tertiary/aromatic N) is 1. The predicted molar refractivity (Wildman–Crippen MR) is 58.5 cm³/mol. The molecule has 2 rings (SSSR count). The first-order valence-electron chi connectivity index (χ1n) is 4.86. The van der Waals surface area contributed by atoms with Crippen LogP contribution in [0.3, 0.4) is 0 Å². The van der Waals surface area contributed by atoms with Gasteiger partial charge in [-0.2, -0.15) is 0 Å². The van der Waals surface area contributed by atoms with Gasteiger partial charge in [-0.1, -0.05) is 42.8 Å². The third kappa shape index (κ3) is 1.80. The largest absolute Gasteiger partial charge is 0.309 e. The second-order valence-electron chi connectivity index (χ2n) is 3.47. The maximum Gasteiger partial charge on any atom is 0.0317 e. The molecule has 1 atom stereocenters. The van der Waals surface area contributed by atoms with Gasteiger partial charge in [0.15, 0.2) is 0 Å². The van der Waals surface area contributed by atoms with Crippen molar-refractivity contribution in [2.24, 2.45) is 0 Å². The maximum atomic E-state index is 5.31. The third-order valence-electron chi connectivity index (χ3n) is 2.57. The molecule has 1 nitrogen and oxygen atoms in total. The van der Waals surface area contributed by atoms with E-state index < -0.39 is 0 Å². The summed E-state index contributed by atoms with van der Waals surface area (Å²) in [7, 11) is 0. The van der Waals surface area contributed by atoms with E-state index in [0.29, 0.717) is 5.92 Å². The van der Waals surface area contributed by atoms with Crippen LogP contribution in [0.1, 0.15) is 17.9 Å². The van der Waals surface area contributed by atoms with Crippen molar-refractivity contribution >= 4 is 0 Å². The Morgan fingerprint density at radius 2 is 2.07 bits per heavy atom. The highest BCUT2D eigenvalue weighted by Crippen LogP contribution is 2.24. The van der Waals surface area contributed by atoms with Crippen LogP contribution < -0.4 is 0 Å². The van der Waals surface area contributed by atoms with E-state index >= 15 is 0 Å². The molecule has 1 heteroatoms. The highest BCUT2D eigenvalue weighted by Gasteiger charge is 2.12. The van der Waals surface area contributed by atoms with Crippen LogP contribution >= 0.6 is 0 Å². The molecule has 0 amide bonds. The zero-order chi connectivity index (χ0) is 9.80. The predicted octanol–water partition coefficient (Wildman–Crippen LogP) is 2.58. The molecule has 0 aromatic heterocycles. The van der Waals surface area contributed by atoms with Crippen molar-refractivity contribution in [3.05, 3.63) is 48.2 Å². The smallest absolute Gasteiger partial charge is 0.0317 e. The lowest BCUT2D eigenvalue weighted by atomic mass is 9.94. The second-order valence-corrected chi connectivity index (χ2v) is 3.47. The molecule has 0 aliphatic carbocycles. The van der Waals surface area contributed by atoms with Crippen LogP contribution in [-0.2, 0) is 0 Å². The number of allylic oxidation sites excluding steroid dienone is 1. The third-order valence-corrected chi connectivity index (χ3v) is 2.57. The van der Waals surface area contributed by atoms with Gasteiger partial charge in [-0.3, -0.25) is 0 Å². The van der Waals surface area contributed by atoms with Crippen molar-refractivity contribution in [1.82, 2.24) is 4.90 Å². The lowest BCUT2D eigenvalue weighted by Gasteiger charge is -2.23. The van der Waals surface area contributed by atoms with Crippen LogP contribution in [0, 0.1) is 12.5 Å². The fourth-order valence-corrected chi connectivity index (χ4v) is 1.74. The zero-order valence-electron chi connectivity index (χ0n) is 8.06. The molecule has 1 unspecified atom stereocenters. The Bertz CT molecular complexity index is 359. The van der Waals surface area contributed by atoms with Crippen LogP contribution in [0.25, 0.3) is 0 Å². The molecule has 1 aliphatic rings. The van der Waals surface area contributed by atoms with Crippen LogP contribution in [0.4, 0.5) is 0 Å². The SMILES string of the molecule is C#CN1C=CC(c2ccccc2)CC1. The standard InChI is InChI=1S/C13H13N/c1-2-14-10-8-13(9-11-14)12-6-4-3-5-7-12/h1,3-8,10,13H,9,11H2. The van der Waals surface area contributed by atoms with Crippen molar-refractivity contribution in [1.29, 1.82) is 0 Å². The number of hydrogen-bond acceptors (Lipinski definition) is 1. The molecule has 0 saturated heterocycles. The minimum absolute atomic E-state index is 0.529. The van der Waals surface area contributed by atoms with E-state index in [-0.39, 0.29) is 0 Å². The molecule has 0 bridgehead atoms. The monoisotopic (exact) mass is 183 g/mol. The molecule has 1 aliphatic heterocycles. The van der Waals surface area contributed by atoms with E-state index in [9.17, 15) is 0 Å². The molecule has 1 aromatic carbocycles. The van der Waals surface area contributed by atoms with Crippen LogP contribution in [0.5, 0.6) is 0 Å². The van der Waals surface area contributed by atoms with E-state index in [0.717, 1.165) is 13.0 Å². The lowest BCUT2D eigenvalue weighted by Crippen LogP contribution is -2.18. The first-order chi connectivity index (χ1) is 6.90. The fraction of sp³-hybridized carbons (Fsp3) is 0.231. The summed E-state index contributed by atoms with van der Waals surface area (Å²) in [6.07, 6.45) is 10.6. The average Bonchev–Trinajstić information content (AvgIpc) is 2.30. The van der Waals surface area contributed by atoms with Gasteiger partial charge in [0.05, 0.1) is 0 Å². The van der Waals surface area contributed by atoms with Crippen LogP contribution in [-0.4, -0.2) is 11.4 Å². The Morgan fingerprint density at radius 1 is 1.29 bits per heavy atom. The lowest BCUT2D eigenvalue weighted by molar-refractivity contribution is 0.468. The molecular weight excluding hydrogens is 170 g/mol. The molecule has 0 N–H and O–H groups in total. The molecule has 0 spiro atoms. The summed E-state index contributed by atoms with van der Waals surface area (Å²) < 4.78 is 0. The quantitative estimate of drug-likeness (QED) is 0.605. The van der Waals surface area contributed by atoms with Crippen molar-refractivity contribution < 1.29 is 0 Å². The Kier molecular flexibility index (Phi) is 2.55. The minimum Gasteiger partial charge on any atom is -0.309 e. The van der Waals surface area contributed by atoms with E-state index in [1.54, 1.807) is 0 Å². The van der Waals surface area contributed by atoms with Gasteiger partial charge in [-0.15, -0.1) is 0 Å². The topological polar surface area (TPSA) is 3.24 Å². The number of hydrogen-bond donors (Lipinski definition) is 0. The van der Waals surface area contributed by atoms with Gasteiger partial charge in [-0.25, -0.2) is 0 Å². The van der Waals surface area contributed by atoms with Crippen molar-refractivity contribution in [3.8, 4) is 12.5 Å². The van der Waals surface area contributed by atoms with E-state index in [1.165, 1.54) is 5.56 Å². The maximum absolute atomic E-state index is 5.31. The Morgan fingerprint density at radius 3 is 2.64 bits per heavy atom. The van der Waals surface area contributed by atoms with Crippen molar-refractivity contribution in [2.45, 2.75) is 12.3 Å². The second kappa shape index (κ2) is 4.02. The molecule has 0 saturated carbocycles. The molecule has 0 radical (unpaired) electrons. The van der Waals surface area contributed by atoms with Gasteiger partial charge < -0.3 is 4.90 Å². The first kappa shape index (κ1) is 8.90. The van der Waals surface area contributed by atoms with E-state index in [4.69, 9.17) is 6.42 Å². The summed E-state index contributed by atoms with van der Waals surface area (Å²) >= 11 is 0. The summed E-state index contributed by atoms with van der Waals surface area (Å²) in [5.74, 6) is 0.529.